The average Bonchev–Trinajstić information content (AvgIpc) is 3.29. The predicted octanol–water partition coefficient (Wildman–Crippen LogP) is 6.16. The van der Waals surface area contributed by atoms with Crippen LogP contribution in [0, 0.1) is 5.82 Å². The molecule has 2 heterocycles. The van der Waals surface area contributed by atoms with E-state index in [1.807, 2.05) is 47.0 Å². The number of aromatic nitrogens is 4. The molecule has 2 aromatic heterocycles. The van der Waals surface area contributed by atoms with Crippen molar-refractivity contribution in [3.63, 3.8) is 0 Å². The number of hydrogen-bond donors (Lipinski definition) is 0. The van der Waals surface area contributed by atoms with Gasteiger partial charge < -0.3 is 4.74 Å². The van der Waals surface area contributed by atoms with Crippen molar-refractivity contribution in [3.05, 3.63) is 107 Å². The number of para-hydroxylation sites is 1. The third kappa shape index (κ3) is 5.18. The van der Waals surface area contributed by atoms with Gasteiger partial charge in [-0.3, -0.25) is 14.3 Å². The number of benzene rings is 3. The molecule has 0 saturated heterocycles. The van der Waals surface area contributed by atoms with E-state index in [1.54, 1.807) is 18.3 Å². The summed E-state index contributed by atoms with van der Waals surface area (Å²) >= 11 is 7.33. The molecule has 0 amide bonds. The summed E-state index contributed by atoms with van der Waals surface area (Å²) in [6.07, 6.45) is 1.72. The van der Waals surface area contributed by atoms with Crippen molar-refractivity contribution in [1.82, 2.24) is 19.7 Å². The number of ketones is 1. The van der Waals surface area contributed by atoms with Crippen LogP contribution in [0.1, 0.15) is 16.2 Å². The van der Waals surface area contributed by atoms with Crippen molar-refractivity contribution in [2.75, 3.05) is 5.75 Å². The van der Waals surface area contributed by atoms with E-state index in [-0.39, 0.29) is 24.0 Å². The molecule has 174 valence electrons. The summed E-state index contributed by atoms with van der Waals surface area (Å²) in [5.41, 5.74) is 1.97. The molecule has 0 radical (unpaired) electrons. The predicted molar refractivity (Wildman–Crippen MR) is 134 cm³/mol. The molecule has 35 heavy (non-hydrogen) atoms. The molecule has 5 rings (SSSR count). The summed E-state index contributed by atoms with van der Waals surface area (Å²) in [5.74, 6) is 0.778. The highest BCUT2D eigenvalue weighted by atomic mass is 35.5. The van der Waals surface area contributed by atoms with E-state index in [1.165, 1.54) is 36.0 Å². The van der Waals surface area contributed by atoms with Crippen molar-refractivity contribution in [3.8, 4) is 11.4 Å². The molecule has 0 unspecified atom stereocenters. The topological polar surface area (TPSA) is 69.9 Å². The van der Waals surface area contributed by atoms with E-state index in [0.29, 0.717) is 27.3 Å². The summed E-state index contributed by atoms with van der Waals surface area (Å²) < 4.78 is 21.1. The molecule has 0 fully saturated rings. The smallest absolute Gasteiger partial charge is 0.196 e. The number of hydrogen-bond acceptors (Lipinski definition) is 6. The zero-order valence-corrected chi connectivity index (χ0v) is 19.8. The van der Waals surface area contributed by atoms with Gasteiger partial charge in [-0.2, -0.15) is 0 Å². The molecule has 0 aliphatic rings. The van der Waals surface area contributed by atoms with Gasteiger partial charge in [-0.15, -0.1) is 10.2 Å². The number of rotatable bonds is 8. The van der Waals surface area contributed by atoms with Crippen molar-refractivity contribution in [1.29, 1.82) is 0 Å². The van der Waals surface area contributed by atoms with Crippen molar-refractivity contribution in [2.24, 2.45) is 0 Å². The monoisotopic (exact) mass is 504 g/mol. The lowest BCUT2D eigenvalue weighted by Crippen LogP contribution is -2.08. The fourth-order valence-corrected chi connectivity index (χ4v) is 4.51. The molecule has 0 aliphatic heterocycles. The Morgan fingerprint density at radius 2 is 1.74 bits per heavy atom. The second-order valence-corrected chi connectivity index (χ2v) is 8.93. The Bertz CT molecular complexity index is 1480. The molecule has 0 spiro atoms. The van der Waals surface area contributed by atoms with Gasteiger partial charge in [-0.1, -0.05) is 41.6 Å². The molecule has 0 aliphatic carbocycles. The van der Waals surface area contributed by atoms with E-state index >= 15 is 0 Å². The minimum atomic E-state index is -0.386. The third-order valence-electron chi connectivity index (χ3n) is 5.24. The Morgan fingerprint density at radius 1 is 0.971 bits per heavy atom. The van der Waals surface area contributed by atoms with E-state index in [9.17, 15) is 9.18 Å². The Labute approximate surface area is 209 Å². The zero-order valence-electron chi connectivity index (χ0n) is 18.3. The normalized spacial score (nSPS) is 11.0. The lowest BCUT2D eigenvalue weighted by molar-refractivity contribution is 0.102. The fraction of sp³-hybridized carbons (Fsp3) is 0.0769. The molecule has 0 saturated carbocycles. The standard InChI is InChI=1S/C26H18ClFN4O2S/c27-19-8-12-21(13-9-19)32-24(15-34-23-5-1-3-18-4-2-14-29-25(18)23)30-31-26(32)35-16-22(33)17-6-10-20(28)11-7-17/h1-14H,15-16H2. The summed E-state index contributed by atoms with van der Waals surface area (Å²) in [5, 5.41) is 10.7. The first-order valence-electron chi connectivity index (χ1n) is 10.7. The number of carbonyl (C=O) groups is 1. The van der Waals surface area contributed by atoms with Crippen LogP contribution >= 0.6 is 23.4 Å². The number of ether oxygens (including phenoxy) is 1. The highest BCUT2D eigenvalue weighted by molar-refractivity contribution is 7.99. The number of fused-ring (bicyclic) bond motifs is 1. The molecule has 0 bridgehead atoms. The molecule has 6 nitrogen and oxygen atoms in total. The lowest BCUT2D eigenvalue weighted by Gasteiger charge is -2.12. The van der Waals surface area contributed by atoms with Crippen LogP contribution < -0.4 is 4.74 Å². The minimum Gasteiger partial charge on any atom is -0.483 e. The highest BCUT2D eigenvalue weighted by Crippen LogP contribution is 2.27. The fourth-order valence-electron chi connectivity index (χ4n) is 3.52. The first-order valence-corrected chi connectivity index (χ1v) is 12.0. The van der Waals surface area contributed by atoms with E-state index < -0.39 is 0 Å². The number of carbonyl (C=O) groups excluding carboxylic acids is 1. The van der Waals surface area contributed by atoms with Crippen molar-refractivity contribution >= 4 is 40.0 Å². The average molecular weight is 505 g/mol. The van der Waals surface area contributed by atoms with Crippen molar-refractivity contribution in [2.45, 2.75) is 11.8 Å². The van der Waals surface area contributed by atoms with Gasteiger partial charge in [0, 0.05) is 27.9 Å². The quantitative estimate of drug-likeness (QED) is 0.186. The van der Waals surface area contributed by atoms with Crippen LogP contribution in [0.4, 0.5) is 4.39 Å². The van der Waals surface area contributed by atoms with Gasteiger partial charge in [0.25, 0.3) is 0 Å². The maximum absolute atomic E-state index is 13.2. The number of nitrogens with zero attached hydrogens (tertiary/aromatic N) is 4. The van der Waals surface area contributed by atoms with Gasteiger partial charge in [0.2, 0.25) is 0 Å². The van der Waals surface area contributed by atoms with E-state index in [4.69, 9.17) is 16.3 Å². The van der Waals surface area contributed by atoms with Gasteiger partial charge in [0.1, 0.15) is 23.7 Å². The molecular formula is C26H18ClFN4O2S. The summed E-state index contributed by atoms with van der Waals surface area (Å²) in [4.78, 5) is 17.0. The van der Waals surface area contributed by atoms with Gasteiger partial charge in [0.05, 0.1) is 5.75 Å². The number of pyridine rings is 1. The van der Waals surface area contributed by atoms with Crippen molar-refractivity contribution < 1.29 is 13.9 Å². The highest BCUT2D eigenvalue weighted by Gasteiger charge is 2.18. The lowest BCUT2D eigenvalue weighted by atomic mass is 10.1. The molecule has 9 heteroatoms. The molecule has 0 atom stereocenters. The Kier molecular flexibility index (Phi) is 6.74. The Morgan fingerprint density at radius 3 is 2.54 bits per heavy atom. The van der Waals surface area contributed by atoms with Gasteiger partial charge in [-0.05, 0) is 60.7 Å². The second-order valence-electron chi connectivity index (χ2n) is 7.55. The number of thioether (sulfide) groups is 1. The third-order valence-corrected chi connectivity index (χ3v) is 6.42. The van der Waals surface area contributed by atoms with Crippen LogP contribution in [0.5, 0.6) is 5.75 Å². The van der Waals surface area contributed by atoms with Crippen LogP contribution in [0.25, 0.3) is 16.6 Å². The summed E-state index contributed by atoms with van der Waals surface area (Å²) in [6, 6.07) is 22.3. The van der Waals surface area contributed by atoms with E-state index in [2.05, 4.69) is 15.2 Å². The molecule has 3 aromatic carbocycles. The SMILES string of the molecule is O=C(CSc1nnc(COc2cccc3cccnc23)n1-c1ccc(Cl)cc1)c1ccc(F)cc1. The van der Waals surface area contributed by atoms with Gasteiger partial charge in [0.15, 0.2) is 16.8 Å². The maximum atomic E-state index is 13.2. The van der Waals surface area contributed by atoms with E-state index in [0.717, 1.165) is 16.6 Å². The van der Waals surface area contributed by atoms with Gasteiger partial charge >= 0.3 is 0 Å². The van der Waals surface area contributed by atoms with Crippen LogP contribution in [-0.4, -0.2) is 31.3 Å². The largest absolute Gasteiger partial charge is 0.483 e. The Balaban J connectivity index is 1.41. The van der Waals surface area contributed by atoms with Crippen LogP contribution in [-0.2, 0) is 6.61 Å². The van der Waals surface area contributed by atoms with Crippen LogP contribution in [0.3, 0.4) is 0 Å². The molecule has 0 N–H and O–H groups in total. The second kappa shape index (κ2) is 10.2. The zero-order chi connectivity index (χ0) is 24.2. The molecule has 5 aromatic rings. The van der Waals surface area contributed by atoms with Crippen LogP contribution in [0.15, 0.2) is 90.2 Å². The Hall–Kier alpha value is -3.75. The maximum Gasteiger partial charge on any atom is 0.196 e. The number of halogens is 2. The summed E-state index contributed by atoms with van der Waals surface area (Å²) in [7, 11) is 0. The first-order chi connectivity index (χ1) is 17.1. The number of Topliss-reactive ketones (excluding diaryl/α,β-unsaturated/α-hetero) is 1. The van der Waals surface area contributed by atoms with Gasteiger partial charge in [-0.25, -0.2) is 4.39 Å². The summed E-state index contributed by atoms with van der Waals surface area (Å²) in [6.45, 7) is 0.137. The molecular weight excluding hydrogens is 487 g/mol. The van der Waals surface area contributed by atoms with Crippen LogP contribution in [0.2, 0.25) is 5.02 Å². The minimum absolute atomic E-state index is 0.117. The first kappa shape index (κ1) is 23.0.